The highest BCUT2D eigenvalue weighted by atomic mass is 19.1. The number of nitrogens with zero attached hydrogens (tertiary/aromatic N) is 5. The summed E-state index contributed by atoms with van der Waals surface area (Å²) in [7, 11) is 0. The average Bonchev–Trinajstić information content (AvgIpc) is 3.17. The first-order chi connectivity index (χ1) is 13.8. The van der Waals surface area contributed by atoms with E-state index in [9.17, 15) is 4.39 Å². The van der Waals surface area contributed by atoms with Gasteiger partial charge < -0.3 is 10.2 Å². The molecule has 144 valence electrons. The van der Waals surface area contributed by atoms with Crippen LogP contribution in [-0.2, 0) is 0 Å². The molecule has 1 N–H and O–H groups in total. The molecule has 1 spiro atoms. The van der Waals surface area contributed by atoms with Gasteiger partial charge in [0.05, 0.1) is 11.7 Å². The fourth-order valence-electron chi connectivity index (χ4n) is 4.55. The second kappa shape index (κ2) is 7.05. The van der Waals surface area contributed by atoms with Gasteiger partial charge in [-0.15, -0.1) is 0 Å². The van der Waals surface area contributed by atoms with Crippen LogP contribution in [0, 0.1) is 5.41 Å². The summed E-state index contributed by atoms with van der Waals surface area (Å²) in [5, 5.41) is 4.37. The minimum Gasteiger partial charge on any atom is -0.356 e. The highest BCUT2D eigenvalue weighted by Crippen LogP contribution is 2.41. The summed E-state index contributed by atoms with van der Waals surface area (Å²) < 4.78 is 13.1. The van der Waals surface area contributed by atoms with Gasteiger partial charge in [-0.3, -0.25) is 9.97 Å². The minimum absolute atomic E-state index is 0.0239. The van der Waals surface area contributed by atoms with Crippen molar-refractivity contribution in [3.8, 4) is 11.4 Å². The third-order valence-corrected chi connectivity index (χ3v) is 6.17. The summed E-state index contributed by atoms with van der Waals surface area (Å²) in [5.74, 6) is 1.65. The molecule has 28 heavy (non-hydrogen) atoms. The molecule has 1 atom stereocenters. The van der Waals surface area contributed by atoms with Crippen LogP contribution in [0.15, 0.2) is 43.0 Å². The lowest BCUT2D eigenvalue weighted by atomic mass is 9.76. The van der Waals surface area contributed by atoms with Crippen molar-refractivity contribution < 1.29 is 4.39 Å². The van der Waals surface area contributed by atoms with Crippen molar-refractivity contribution in [2.45, 2.75) is 25.3 Å². The van der Waals surface area contributed by atoms with E-state index in [0.717, 1.165) is 61.2 Å². The normalized spacial score (nSPS) is 21.5. The van der Waals surface area contributed by atoms with Gasteiger partial charge in [-0.1, -0.05) is 0 Å². The van der Waals surface area contributed by atoms with Crippen LogP contribution in [0.5, 0.6) is 0 Å². The maximum atomic E-state index is 13.1. The van der Waals surface area contributed by atoms with Crippen LogP contribution in [0.4, 0.5) is 10.2 Å². The fraction of sp³-hybridized carbons (Fsp3) is 0.429. The Balaban J connectivity index is 1.47. The van der Waals surface area contributed by atoms with Crippen LogP contribution in [-0.4, -0.2) is 52.3 Å². The summed E-state index contributed by atoms with van der Waals surface area (Å²) in [4.78, 5) is 20.3. The Morgan fingerprint density at radius 3 is 2.61 bits per heavy atom. The summed E-state index contributed by atoms with van der Waals surface area (Å²) in [5.41, 5.74) is 2.02. The molecule has 5 heterocycles. The van der Waals surface area contributed by atoms with Gasteiger partial charge in [0.15, 0.2) is 5.82 Å². The van der Waals surface area contributed by atoms with Gasteiger partial charge in [-0.05, 0) is 42.9 Å². The molecule has 3 aromatic rings. The van der Waals surface area contributed by atoms with E-state index in [1.165, 1.54) is 0 Å². The van der Waals surface area contributed by atoms with Gasteiger partial charge in [-0.25, -0.2) is 14.4 Å². The number of rotatable bonds is 3. The Kier molecular flexibility index (Phi) is 4.39. The number of hydrogen-bond acceptors (Lipinski definition) is 6. The maximum absolute atomic E-state index is 13.1. The molecule has 2 saturated heterocycles. The minimum atomic E-state index is -0.274. The zero-order valence-corrected chi connectivity index (χ0v) is 15.7. The number of nitrogens with one attached hydrogen (secondary N) is 1. The number of halogens is 1. The predicted octanol–water partition coefficient (Wildman–Crippen LogP) is 3.00. The van der Waals surface area contributed by atoms with Gasteiger partial charge in [0.2, 0.25) is 0 Å². The van der Waals surface area contributed by atoms with Crippen LogP contribution in [0.3, 0.4) is 0 Å². The molecule has 6 nitrogen and oxygen atoms in total. The van der Waals surface area contributed by atoms with Gasteiger partial charge in [0, 0.05) is 55.2 Å². The van der Waals surface area contributed by atoms with Crippen molar-refractivity contribution >= 4 is 16.7 Å². The van der Waals surface area contributed by atoms with Crippen molar-refractivity contribution in [2.24, 2.45) is 5.41 Å². The number of pyridine rings is 2. The lowest BCUT2D eigenvalue weighted by molar-refractivity contribution is 0.237. The SMILES string of the molecule is FCC1CC2(CCN(c3nc(-c4ccncc4)nc4cnccc34)CC2)CN1. The number of alkyl halides is 1. The van der Waals surface area contributed by atoms with Gasteiger partial charge in [0.1, 0.15) is 12.5 Å². The second-order valence-electron chi connectivity index (χ2n) is 7.92. The second-order valence-corrected chi connectivity index (χ2v) is 7.92. The molecule has 2 aliphatic rings. The van der Waals surface area contributed by atoms with Gasteiger partial charge in [0.25, 0.3) is 0 Å². The molecule has 0 bridgehead atoms. The van der Waals surface area contributed by atoms with Crippen molar-refractivity contribution in [1.29, 1.82) is 0 Å². The zero-order valence-electron chi connectivity index (χ0n) is 15.7. The first-order valence-electron chi connectivity index (χ1n) is 9.83. The lowest BCUT2D eigenvalue weighted by Gasteiger charge is -2.40. The first kappa shape index (κ1) is 17.4. The molecule has 2 fully saturated rings. The average molecular weight is 378 g/mol. The van der Waals surface area contributed by atoms with E-state index < -0.39 is 0 Å². The molecule has 2 aliphatic heterocycles. The van der Waals surface area contributed by atoms with E-state index in [1.54, 1.807) is 24.8 Å². The standard InChI is InChI=1S/C21H23FN6/c22-12-16-11-21(14-25-16)4-9-28(10-5-21)20-17-3-8-24-13-18(17)26-19(27-20)15-1-6-23-7-2-15/h1-3,6-8,13,16,25H,4-5,9-12,14H2. The Morgan fingerprint density at radius 2 is 1.86 bits per heavy atom. The van der Waals surface area contributed by atoms with E-state index >= 15 is 0 Å². The van der Waals surface area contributed by atoms with E-state index in [0.29, 0.717) is 5.82 Å². The van der Waals surface area contributed by atoms with Crippen LogP contribution in [0.2, 0.25) is 0 Å². The molecule has 0 radical (unpaired) electrons. The molecule has 1 unspecified atom stereocenters. The summed E-state index contributed by atoms with van der Waals surface area (Å²) >= 11 is 0. The van der Waals surface area contributed by atoms with E-state index in [4.69, 9.17) is 9.97 Å². The van der Waals surface area contributed by atoms with Crippen LogP contribution in [0.1, 0.15) is 19.3 Å². The molecule has 3 aromatic heterocycles. The molecule has 7 heteroatoms. The van der Waals surface area contributed by atoms with Crippen molar-refractivity contribution in [2.75, 3.05) is 31.2 Å². The maximum Gasteiger partial charge on any atom is 0.162 e. The summed E-state index contributed by atoms with van der Waals surface area (Å²) in [6.07, 6.45) is 10.1. The van der Waals surface area contributed by atoms with E-state index in [-0.39, 0.29) is 18.1 Å². The smallest absolute Gasteiger partial charge is 0.162 e. The van der Waals surface area contributed by atoms with Crippen molar-refractivity contribution in [3.05, 3.63) is 43.0 Å². The Hall–Kier alpha value is -2.67. The van der Waals surface area contributed by atoms with Crippen LogP contribution < -0.4 is 10.2 Å². The third-order valence-electron chi connectivity index (χ3n) is 6.17. The zero-order chi connectivity index (χ0) is 19.0. The molecule has 0 saturated carbocycles. The Morgan fingerprint density at radius 1 is 1.07 bits per heavy atom. The summed E-state index contributed by atoms with van der Waals surface area (Å²) in [6.45, 7) is 2.49. The van der Waals surface area contributed by atoms with Crippen molar-refractivity contribution in [1.82, 2.24) is 25.3 Å². The molecular formula is C21H23FN6. The lowest BCUT2D eigenvalue weighted by Crippen LogP contribution is -2.41. The van der Waals surface area contributed by atoms with Gasteiger partial charge >= 0.3 is 0 Å². The topological polar surface area (TPSA) is 66.8 Å². The predicted molar refractivity (Wildman–Crippen MR) is 107 cm³/mol. The Bertz CT molecular complexity index is 971. The number of anilines is 1. The first-order valence-corrected chi connectivity index (χ1v) is 9.83. The number of hydrogen-bond donors (Lipinski definition) is 1. The molecule has 0 aromatic carbocycles. The van der Waals surface area contributed by atoms with E-state index in [2.05, 4.69) is 20.2 Å². The van der Waals surface area contributed by atoms with E-state index in [1.807, 2.05) is 18.2 Å². The fourth-order valence-corrected chi connectivity index (χ4v) is 4.55. The quantitative estimate of drug-likeness (QED) is 0.756. The van der Waals surface area contributed by atoms with Crippen molar-refractivity contribution in [3.63, 3.8) is 0 Å². The molecule has 5 rings (SSSR count). The Labute approximate surface area is 163 Å². The number of fused-ring (bicyclic) bond motifs is 1. The number of piperidine rings is 1. The molecular weight excluding hydrogens is 355 g/mol. The third kappa shape index (κ3) is 3.09. The van der Waals surface area contributed by atoms with Crippen LogP contribution >= 0.6 is 0 Å². The number of aromatic nitrogens is 4. The highest BCUT2D eigenvalue weighted by Gasteiger charge is 2.41. The van der Waals surface area contributed by atoms with Crippen LogP contribution in [0.25, 0.3) is 22.3 Å². The van der Waals surface area contributed by atoms with Gasteiger partial charge in [-0.2, -0.15) is 0 Å². The molecule has 0 amide bonds. The highest BCUT2D eigenvalue weighted by molar-refractivity contribution is 5.90. The summed E-state index contributed by atoms with van der Waals surface area (Å²) in [6, 6.07) is 5.86. The largest absolute Gasteiger partial charge is 0.356 e. The monoisotopic (exact) mass is 378 g/mol. The molecule has 0 aliphatic carbocycles.